The molecule has 2 saturated heterocycles. The molecule has 0 bridgehead atoms. The summed E-state index contributed by atoms with van der Waals surface area (Å²) in [6, 6.07) is 2.33. The second kappa shape index (κ2) is 10.2. The number of halogens is 2. The summed E-state index contributed by atoms with van der Waals surface area (Å²) < 4.78 is 2.02. The SMILES string of the molecule is CCN1CCC(n2nccc2NC(=O)C2CCNCC2)CC1.Cl.Cl. The highest BCUT2D eigenvalue weighted by molar-refractivity contribution is 5.91. The van der Waals surface area contributed by atoms with E-state index in [2.05, 4.69) is 27.6 Å². The fourth-order valence-electron chi connectivity index (χ4n) is 3.50. The van der Waals surface area contributed by atoms with E-state index in [1.54, 1.807) is 6.20 Å². The van der Waals surface area contributed by atoms with Crippen molar-refractivity contribution in [3.63, 3.8) is 0 Å². The lowest BCUT2D eigenvalue weighted by atomic mass is 9.97. The minimum Gasteiger partial charge on any atom is -0.317 e. The number of nitrogens with zero attached hydrogens (tertiary/aromatic N) is 3. The van der Waals surface area contributed by atoms with Gasteiger partial charge in [0, 0.05) is 25.1 Å². The zero-order chi connectivity index (χ0) is 15.4. The Balaban J connectivity index is 0.00000144. The Kier molecular flexibility index (Phi) is 9.05. The fraction of sp³-hybridized carbons (Fsp3) is 0.750. The van der Waals surface area contributed by atoms with Gasteiger partial charge in [-0.3, -0.25) is 4.79 Å². The molecule has 8 heteroatoms. The van der Waals surface area contributed by atoms with Crippen LogP contribution in [0.5, 0.6) is 0 Å². The second-order valence-electron chi connectivity index (χ2n) is 6.34. The highest BCUT2D eigenvalue weighted by atomic mass is 35.5. The third-order valence-electron chi connectivity index (χ3n) is 4.98. The van der Waals surface area contributed by atoms with Gasteiger partial charge in [-0.05, 0) is 45.3 Å². The number of aromatic nitrogens is 2. The van der Waals surface area contributed by atoms with Crippen molar-refractivity contribution in [2.24, 2.45) is 5.92 Å². The van der Waals surface area contributed by atoms with E-state index < -0.39 is 0 Å². The Morgan fingerprint density at radius 1 is 1.25 bits per heavy atom. The number of amides is 1. The standard InChI is InChI=1S/C16H27N5O.2ClH/c1-2-20-11-6-14(7-12-20)21-15(5-10-18-21)19-16(22)13-3-8-17-9-4-13;;/h5,10,13-14,17H,2-4,6-9,11-12H2,1H3,(H,19,22);2*1H. The first-order valence-corrected chi connectivity index (χ1v) is 8.55. The smallest absolute Gasteiger partial charge is 0.228 e. The predicted octanol–water partition coefficient (Wildman–Crippen LogP) is 2.32. The molecule has 0 aromatic carbocycles. The summed E-state index contributed by atoms with van der Waals surface area (Å²) in [7, 11) is 0. The van der Waals surface area contributed by atoms with Gasteiger partial charge < -0.3 is 15.5 Å². The molecule has 3 heterocycles. The Labute approximate surface area is 156 Å². The molecular weight excluding hydrogens is 349 g/mol. The maximum Gasteiger partial charge on any atom is 0.228 e. The first kappa shape index (κ1) is 21.2. The molecule has 1 aromatic heterocycles. The topological polar surface area (TPSA) is 62.2 Å². The van der Waals surface area contributed by atoms with Gasteiger partial charge in [-0.15, -0.1) is 24.8 Å². The predicted molar refractivity (Wildman–Crippen MR) is 101 cm³/mol. The van der Waals surface area contributed by atoms with Crippen LogP contribution in [0.1, 0.15) is 38.6 Å². The maximum absolute atomic E-state index is 12.4. The third kappa shape index (κ3) is 5.09. The van der Waals surface area contributed by atoms with Crippen molar-refractivity contribution >= 4 is 36.5 Å². The molecule has 1 aromatic rings. The second-order valence-corrected chi connectivity index (χ2v) is 6.34. The minimum absolute atomic E-state index is 0. The summed E-state index contributed by atoms with van der Waals surface area (Å²) in [4.78, 5) is 14.9. The molecule has 2 aliphatic heterocycles. The van der Waals surface area contributed by atoms with Crippen molar-refractivity contribution in [3.8, 4) is 0 Å². The lowest BCUT2D eigenvalue weighted by molar-refractivity contribution is -0.120. The van der Waals surface area contributed by atoms with Gasteiger partial charge >= 0.3 is 0 Å². The zero-order valence-corrected chi connectivity index (χ0v) is 15.9. The fourth-order valence-corrected chi connectivity index (χ4v) is 3.50. The number of anilines is 1. The van der Waals surface area contributed by atoms with Gasteiger partial charge in [0.25, 0.3) is 0 Å². The van der Waals surface area contributed by atoms with E-state index in [-0.39, 0.29) is 36.6 Å². The Hall–Kier alpha value is -0.820. The molecule has 0 spiro atoms. The lowest BCUT2D eigenvalue weighted by Gasteiger charge is -2.32. The average molecular weight is 378 g/mol. The summed E-state index contributed by atoms with van der Waals surface area (Å²) in [5.74, 6) is 1.14. The summed E-state index contributed by atoms with van der Waals surface area (Å²) >= 11 is 0. The third-order valence-corrected chi connectivity index (χ3v) is 4.98. The van der Waals surface area contributed by atoms with Crippen LogP contribution in [-0.2, 0) is 4.79 Å². The minimum atomic E-state index is 0. The monoisotopic (exact) mass is 377 g/mol. The van der Waals surface area contributed by atoms with Crippen LogP contribution < -0.4 is 10.6 Å². The maximum atomic E-state index is 12.4. The molecule has 0 radical (unpaired) electrons. The molecular formula is C16H29Cl2N5O. The number of hydrogen-bond donors (Lipinski definition) is 2. The summed E-state index contributed by atoms with van der Waals surface area (Å²) in [5.41, 5.74) is 0. The van der Waals surface area contributed by atoms with Crippen molar-refractivity contribution in [2.75, 3.05) is 38.0 Å². The molecule has 2 fully saturated rings. The molecule has 6 nitrogen and oxygen atoms in total. The highest BCUT2D eigenvalue weighted by Crippen LogP contribution is 2.25. The van der Waals surface area contributed by atoms with Gasteiger partial charge in [0.05, 0.1) is 12.2 Å². The number of piperidine rings is 2. The first-order chi connectivity index (χ1) is 10.8. The van der Waals surface area contributed by atoms with Crippen molar-refractivity contribution in [2.45, 2.75) is 38.6 Å². The Bertz CT molecular complexity index is 496. The first-order valence-electron chi connectivity index (χ1n) is 8.55. The van der Waals surface area contributed by atoms with Gasteiger partial charge in [0.2, 0.25) is 5.91 Å². The van der Waals surface area contributed by atoms with Gasteiger partial charge in [-0.25, -0.2) is 4.68 Å². The van der Waals surface area contributed by atoms with Crippen molar-refractivity contribution in [1.29, 1.82) is 0 Å². The molecule has 0 aliphatic carbocycles. The van der Waals surface area contributed by atoms with Crippen LogP contribution in [-0.4, -0.2) is 53.3 Å². The molecule has 0 saturated carbocycles. The van der Waals surface area contributed by atoms with Crippen LogP contribution in [0.15, 0.2) is 12.3 Å². The van der Waals surface area contributed by atoms with Gasteiger partial charge in [0.1, 0.15) is 5.82 Å². The van der Waals surface area contributed by atoms with E-state index in [9.17, 15) is 4.79 Å². The van der Waals surface area contributed by atoms with E-state index in [0.29, 0.717) is 6.04 Å². The summed E-state index contributed by atoms with van der Waals surface area (Å²) in [6.45, 7) is 7.43. The van der Waals surface area contributed by atoms with Crippen LogP contribution >= 0.6 is 24.8 Å². The van der Waals surface area contributed by atoms with Crippen LogP contribution in [0.25, 0.3) is 0 Å². The van der Waals surface area contributed by atoms with Crippen molar-refractivity contribution in [1.82, 2.24) is 20.0 Å². The molecule has 138 valence electrons. The number of hydrogen-bond acceptors (Lipinski definition) is 4. The molecule has 3 rings (SSSR count). The van der Waals surface area contributed by atoms with Crippen LogP contribution in [0.4, 0.5) is 5.82 Å². The van der Waals surface area contributed by atoms with Gasteiger partial charge in [-0.2, -0.15) is 5.10 Å². The molecule has 24 heavy (non-hydrogen) atoms. The van der Waals surface area contributed by atoms with Crippen molar-refractivity contribution in [3.05, 3.63) is 12.3 Å². The number of likely N-dealkylation sites (tertiary alicyclic amines) is 1. The molecule has 0 atom stereocenters. The number of rotatable bonds is 4. The van der Waals surface area contributed by atoms with Gasteiger partial charge in [-0.1, -0.05) is 6.92 Å². The number of nitrogens with one attached hydrogen (secondary N) is 2. The number of carbonyl (C=O) groups is 1. The van der Waals surface area contributed by atoms with E-state index in [1.807, 2.05) is 10.7 Å². The zero-order valence-electron chi connectivity index (χ0n) is 14.2. The van der Waals surface area contributed by atoms with E-state index in [0.717, 1.165) is 64.2 Å². The molecule has 2 aliphatic rings. The van der Waals surface area contributed by atoms with E-state index in [1.165, 1.54) is 0 Å². The van der Waals surface area contributed by atoms with Crippen LogP contribution in [0.2, 0.25) is 0 Å². The average Bonchev–Trinajstić information content (AvgIpc) is 3.04. The van der Waals surface area contributed by atoms with E-state index >= 15 is 0 Å². The van der Waals surface area contributed by atoms with Crippen LogP contribution in [0, 0.1) is 5.92 Å². The Morgan fingerprint density at radius 3 is 2.54 bits per heavy atom. The number of carbonyl (C=O) groups excluding carboxylic acids is 1. The summed E-state index contributed by atoms with van der Waals surface area (Å²) in [5, 5.41) is 10.9. The van der Waals surface area contributed by atoms with E-state index in [4.69, 9.17) is 0 Å². The van der Waals surface area contributed by atoms with Crippen LogP contribution in [0.3, 0.4) is 0 Å². The Morgan fingerprint density at radius 2 is 1.92 bits per heavy atom. The quantitative estimate of drug-likeness (QED) is 0.844. The normalized spacial score (nSPS) is 20.0. The molecule has 2 N–H and O–H groups in total. The van der Waals surface area contributed by atoms with Gasteiger partial charge in [0.15, 0.2) is 0 Å². The highest BCUT2D eigenvalue weighted by Gasteiger charge is 2.25. The molecule has 0 unspecified atom stereocenters. The summed E-state index contributed by atoms with van der Waals surface area (Å²) in [6.07, 6.45) is 5.85. The largest absolute Gasteiger partial charge is 0.317 e. The van der Waals surface area contributed by atoms with Crippen molar-refractivity contribution < 1.29 is 4.79 Å². The lowest BCUT2D eigenvalue weighted by Crippen LogP contribution is -2.36. The molecule has 1 amide bonds.